The lowest BCUT2D eigenvalue weighted by Crippen LogP contribution is -2.43. The van der Waals surface area contributed by atoms with Crippen molar-refractivity contribution >= 4 is 23.3 Å². The topological polar surface area (TPSA) is 83.4 Å². The van der Waals surface area contributed by atoms with Gasteiger partial charge in [0, 0.05) is 52.0 Å². The summed E-state index contributed by atoms with van der Waals surface area (Å²) in [6.45, 7) is 0.452. The summed E-state index contributed by atoms with van der Waals surface area (Å²) in [5.74, 6) is 1.23. The van der Waals surface area contributed by atoms with Crippen molar-refractivity contribution in [3.63, 3.8) is 0 Å². The minimum absolute atomic E-state index is 0.0851. The molecule has 0 saturated carbocycles. The van der Waals surface area contributed by atoms with Crippen LogP contribution in [0.15, 0.2) is 55.0 Å². The fraction of sp³-hybridized carbons (Fsp3) is 0.304. The standard InChI is InChI=1S/C23H24N6O2/c1-27(2)18-9-8-15(14-25-18)21(30)29-12-10-23(19(29)20-24-11-13-28(20)3)16-6-4-5-7-17(16)26-22(23)31/h4-9,11,13-14,19H,10,12H2,1-3H3,(H,26,31)/t19-,23+/m0/s1. The zero-order chi connectivity index (χ0) is 21.8. The molecule has 8 heteroatoms. The highest BCUT2D eigenvalue weighted by atomic mass is 16.2. The lowest BCUT2D eigenvalue weighted by Gasteiger charge is -2.33. The predicted octanol–water partition coefficient (Wildman–Crippen LogP) is 2.36. The number of anilines is 2. The maximum Gasteiger partial charge on any atom is 0.256 e. The van der Waals surface area contributed by atoms with Crippen molar-refractivity contribution in [2.75, 3.05) is 30.9 Å². The number of hydrogen-bond acceptors (Lipinski definition) is 5. The van der Waals surface area contributed by atoms with Gasteiger partial charge in [-0.25, -0.2) is 9.97 Å². The summed E-state index contributed by atoms with van der Waals surface area (Å²) in [6, 6.07) is 10.8. The number of aromatic nitrogens is 3. The number of amides is 2. The quantitative estimate of drug-likeness (QED) is 0.709. The highest BCUT2D eigenvalue weighted by Gasteiger charge is 2.60. The molecule has 2 aliphatic heterocycles. The average molecular weight is 416 g/mol. The van der Waals surface area contributed by atoms with Crippen molar-refractivity contribution in [2.45, 2.75) is 17.9 Å². The van der Waals surface area contributed by atoms with Gasteiger partial charge in [0.2, 0.25) is 5.91 Å². The lowest BCUT2D eigenvalue weighted by atomic mass is 9.74. The summed E-state index contributed by atoms with van der Waals surface area (Å²) in [4.78, 5) is 39.6. The third-order valence-corrected chi connectivity index (χ3v) is 6.40. The first kappa shape index (κ1) is 19.3. The van der Waals surface area contributed by atoms with Crippen molar-refractivity contribution in [3.8, 4) is 0 Å². The Kier molecular flexibility index (Phi) is 4.32. The first-order valence-electron chi connectivity index (χ1n) is 10.3. The number of rotatable bonds is 3. The number of nitrogens with one attached hydrogen (secondary N) is 1. The molecule has 0 unspecified atom stereocenters. The van der Waals surface area contributed by atoms with Crippen LogP contribution in [-0.2, 0) is 17.3 Å². The first-order valence-corrected chi connectivity index (χ1v) is 10.3. The van der Waals surface area contributed by atoms with E-state index >= 15 is 0 Å². The van der Waals surface area contributed by atoms with Crippen LogP contribution in [0, 0.1) is 0 Å². The van der Waals surface area contributed by atoms with E-state index in [9.17, 15) is 9.59 Å². The molecule has 1 aromatic carbocycles. The second kappa shape index (κ2) is 6.94. The summed E-state index contributed by atoms with van der Waals surface area (Å²) < 4.78 is 1.89. The Balaban J connectivity index is 1.61. The lowest BCUT2D eigenvalue weighted by molar-refractivity contribution is -0.121. The molecule has 31 heavy (non-hydrogen) atoms. The van der Waals surface area contributed by atoms with Crippen LogP contribution in [0.3, 0.4) is 0 Å². The average Bonchev–Trinajstić information content (AvgIpc) is 3.44. The summed E-state index contributed by atoms with van der Waals surface area (Å²) in [5.41, 5.74) is 1.35. The van der Waals surface area contributed by atoms with E-state index in [1.54, 1.807) is 23.4 Å². The van der Waals surface area contributed by atoms with Crippen molar-refractivity contribution < 1.29 is 9.59 Å². The van der Waals surface area contributed by atoms with Gasteiger partial charge in [0.1, 0.15) is 23.1 Å². The first-order chi connectivity index (χ1) is 14.9. The molecule has 3 aromatic rings. The third-order valence-electron chi connectivity index (χ3n) is 6.40. The Bertz CT molecular complexity index is 1170. The van der Waals surface area contributed by atoms with E-state index in [-0.39, 0.29) is 11.8 Å². The molecule has 0 aliphatic carbocycles. The van der Waals surface area contributed by atoms with Crippen molar-refractivity contribution in [1.29, 1.82) is 0 Å². The maximum atomic E-state index is 13.6. The van der Waals surface area contributed by atoms with Crippen LogP contribution >= 0.6 is 0 Å². The van der Waals surface area contributed by atoms with E-state index in [0.717, 1.165) is 17.1 Å². The number of carbonyl (C=O) groups excluding carboxylic acids is 2. The molecular weight excluding hydrogens is 392 g/mol. The van der Waals surface area contributed by atoms with E-state index in [4.69, 9.17) is 0 Å². The number of carbonyl (C=O) groups is 2. The molecule has 4 heterocycles. The van der Waals surface area contributed by atoms with Crippen LogP contribution in [0.25, 0.3) is 0 Å². The minimum Gasteiger partial charge on any atom is -0.363 e. The number of nitrogens with zero attached hydrogens (tertiary/aromatic N) is 5. The van der Waals surface area contributed by atoms with Crippen molar-refractivity contribution in [1.82, 2.24) is 19.4 Å². The van der Waals surface area contributed by atoms with Crippen LogP contribution in [0.4, 0.5) is 11.5 Å². The molecular formula is C23H24N6O2. The van der Waals surface area contributed by atoms with E-state index in [0.29, 0.717) is 24.4 Å². The number of hydrogen-bond donors (Lipinski definition) is 1. The molecule has 1 saturated heterocycles. The van der Waals surface area contributed by atoms with E-state index in [1.165, 1.54) is 0 Å². The van der Waals surface area contributed by atoms with E-state index < -0.39 is 11.5 Å². The Labute approximate surface area is 180 Å². The monoisotopic (exact) mass is 416 g/mol. The number of likely N-dealkylation sites (tertiary alicyclic amines) is 1. The molecule has 1 N–H and O–H groups in total. The molecule has 0 bridgehead atoms. The number of imidazole rings is 1. The van der Waals surface area contributed by atoms with Crippen LogP contribution in [0.1, 0.15) is 34.2 Å². The summed E-state index contributed by atoms with van der Waals surface area (Å²) in [7, 11) is 5.70. The smallest absolute Gasteiger partial charge is 0.256 e. The van der Waals surface area contributed by atoms with E-state index in [1.807, 2.05) is 67.1 Å². The van der Waals surface area contributed by atoms with E-state index in [2.05, 4.69) is 15.3 Å². The van der Waals surface area contributed by atoms with Crippen LogP contribution in [0.2, 0.25) is 0 Å². The van der Waals surface area contributed by atoms with Crippen LogP contribution in [-0.4, -0.2) is 51.9 Å². The molecule has 158 valence electrons. The van der Waals surface area contributed by atoms with Crippen molar-refractivity contribution in [3.05, 3.63) is 71.9 Å². The molecule has 2 aromatic heterocycles. The summed E-state index contributed by atoms with van der Waals surface area (Å²) in [6.07, 6.45) is 5.68. The van der Waals surface area contributed by atoms with Gasteiger partial charge in [-0.15, -0.1) is 0 Å². The Morgan fingerprint density at radius 1 is 1.19 bits per heavy atom. The van der Waals surface area contributed by atoms with Gasteiger partial charge in [-0.2, -0.15) is 0 Å². The number of benzene rings is 1. The summed E-state index contributed by atoms with van der Waals surface area (Å²) >= 11 is 0. The van der Waals surface area contributed by atoms with Crippen LogP contribution < -0.4 is 10.2 Å². The molecule has 8 nitrogen and oxygen atoms in total. The predicted molar refractivity (Wildman–Crippen MR) is 117 cm³/mol. The van der Waals surface area contributed by atoms with Gasteiger partial charge in [-0.05, 0) is 30.2 Å². The number of fused-ring (bicyclic) bond motifs is 2. The van der Waals surface area contributed by atoms with Gasteiger partial charge in [-0.1, -0.05) is 18.2 Å². The number of aryl methyl sites for hydroxylation is 1. The van der Waals surface area contributed by atoms with Crippen molar-refractivity contribution in [2.24, 2.45) is 7.05 Å². The Morgan fingerprint density at radius 3 is 2.68 bits per heavy atom. The minimum atomic E-state index is -0.873. The molecule has 1 fully saturated rings. The van der Waals surface area contributed by atoms with Gasteiger partial charge in [0.05, 0.1) is 5.56 Å². The molecule has 2 aliphatic rings. The fourth-order valence-corrected chi connectivity index (χ4v) is 4.85. The normalized spacial score (nSPS) is 22.0. The largest absolute Gasteiger partial charge is 0.363 e. The van der Waals surface area contributed by atoms with Gasteiger partial charge in [0.25, 0.3) is 5.91 Å². The third kappa shape index (κ3) is 2.74. The van der Waals surface area contributed by atoms with Gasteiger partial charge in [-0.3, -0.25) is 9.59 Å². The van der Waals surface area contributed by atoms with Gasteiger partial charge in [0.15, 0.2) is 0 Å². The highest BCUT2D eigenvalue weighted by Crippen LogP contribution is 2.54. The molecule has 2 amide bonds. The second-order valence-electron chi connectivity index (χ2n) is 8.32. The van der Waals surface area contributed by atoms with Crippen LogP contribution in [0.5, 0.6) is 0 Å². The van der Waals surface area contributed by atoms with Gasteiger partial charge >= 0.3 is 0 Å². The fourth-order valence-electron chi connectivity index (χ4n) is 4.85. The number of para-hydroxylation sites is 1. The second-order valence-corrected chi connectivity index (χ2v) is 8.32. The maximum absolute atomic E-state index is 13.6. The molecule has 2 atom stereocenters. The Morgan fingerprint density at radius 2 is 2.00 bits per heavy atom. The molecule has 1 spiro atoms. The Hall–Kier alpha value is -3.68. The molecule has 5 rings (SSSR count). The SMILES string of the molecule is CN(C)c1ccc(C(=O)N2CC[C@]3(C(=O)Nc4ccccc43)[C@@H]2c2nccn2C)cn1. The zero-order valence-corrected chi connectivity index (χ0v) is 17.7. The number of pyridine rings is 1. The zero-order valence-electron chi connectivity index (χ0n) is 17.7. The summed E-state index contributed by atoms with van der Waals surface area (Å²) in [5, 5.41) is 3.03. The molecule has 0 radical (unpaired) electrons. The van der Waals surface area contributed by atoms with Gasteiger partial charge < -0.3 is 19.7 Å². The highest BCUT2D eigenvalue weighted by molar-refractivity contribution is 6.08.